The highest BCUT2D eigenvalue weighted by Gasteiger charge is 2.16. The molecule has 1 aliphatic heterocycles. The van der Waals surface area contributed by atoms with Crippen molar-refractivity contribution in [1.82, 2.24) is 10.1 Å². The summed E-state index contributed by atoms with van der Waals surface area (Å²) in [5, 5.41) is 12.5. The van der Waals surface area contributed by atoms with E-state index in [1.54, 1.807) is 7.11 Å². The van der Waals surface area contributed by atoms with E-state index >= 15 is 0 Å². The molecule has 122 valence electrons. The smallest absolute Gasteiger partial charge is 0.358 e. The second-order valence-corrected chi connectivity index (χ2v) is 5.30. The van der Waals surface area contributed by atoms with Crippen molar-refractivity contribution in [3.63, 3.8) is 0 Å². The van der Waals surface area contributed by atoms with E-state index in [2.05, 4.69) is 10.1 Å². The number of carboxylic acids is 1. The molecule has 0 saturated carbocycles. The third-order valence-corrected chi connectivity index (χ3v) is 3.79. The molecule has 0 aliphatic carbocycles. The SMILES string of the molecule is COc1ccc(-c2cc(C(=O)O)no2)cc1CN1CCOCC1. The van der Waals surface area contributed by atoms with Crippen LogP contribution in [-0.4, -0.2) is 54.5 Å². The van der Waals surface area contributed by atoms with Crippen LogP contribution in [0.2, 0.25) is 0 Å². The molecular formula is C16H18N2O5. The zero-order valence-corrected chi connectivity index (χ0v) is 12.8. The van der Waals surface area contributed by atoms with Crippen LogP contribution >= 0.6 is 0 Å². The van der Waals surface area contributed by atoms with Gasteiger partial charge in [-0.3, -0.25) is 4.90 Å². The van der Waals surface area contributed by atoms with Crippen LogP contribution < -0.4 is 4.74 Å². The maximum absolute atomic E-state index is 10.9. The number of hydrogen-bond donors (Lipinski definition) is 1. The molecule has 1 aromatic carbocycles. The Morgan fingerprint density at radius 3 is 2.78 bits per heavy atom. The number of aromatic carboxylic acids is 1. The number of carbonyl (C=O) groups is 1. The lowest BCUT2D eigenvalue weighted by atomic mass is 10.1. The summed E-state index contributed by atoms with van der Waals surface area (Å²) >= 11 is 0. The summed E-state index contributed by atoms with van der Waals surface area (Å²) in [6.45, 7) is 3.94. The van der Waals surface area contributed by atoms with Gasteiger partial charge in [0, 0.05) is 36.8 Å². The van der Waals surface area contributed by atoms with Gasteiger partial charge in [0.15, 0.2) is 11.5 Å². The van der Waals surface area contributed by atoms with E-state index in [1.165, 1.54) is 6.07 Å². The monoisotopic (exact) mass is 318 g/mol. The Kier molecular flexibility index (Phi) is 4.59. The Balaban J connectivity index is 1.86. The van der Waals surface area contributed by atoms with Gasteiger partial charge in [0.2, 0.25) is 0 Å². The van der Waals surface area contributed by atoms with Crippen LogP contribution in [-0.2, 0) is 11.3 Å². The molecule has 0 bridgehead atoms. The van der Waals surface area contributed by atoms with Gasteiger partial charge in [-0.2, -0.15) is 0 Å². The van der Waals surface area contributed by atoms with Crippen LogP contribution in [0.4, 0.5) is 0 Å². The van der Waals surface area contributed by atoms with Crippen molar-refractivity contribution in [3.8, 4) is 17.1 Å². The van der Waals surface area contributed by atoms with Gasteiger partial charge in [-0.05, 0) is 18.2 Å². The molecule has 1 N–H and O–H groups in total. The van der Waals surface area contributed by atoms with Crippen LogP contribution in [0.5, 0.6) is 5.75 Å². The molecule has 0 radical (unpaired) electrons. The number of aromatic nitrogens is 1. The van der Waals surface area contributed by atoms with Crippen LogP contribution in [0.15, 0.2) is 28.8 Å². The maximum atomic E-state index is 10.9. The largest absolute Gasteiger partial charge is 0.496 e. The highest BCUT2D eigenvalue weighted by Crippen LogP contribution is 2.28. The summed E-state index contributed by atoms with van der Waals surface area (Å²) < 4.78 is 15.9. The molecule has 7 heteroatoms. The average Bonchev–Trinajstić information content (AvgIpc) is 3.06. The summed E-state index contributed by atoms with van der Waals surface area (Å²) in [6, 6.07) is 7.05. The lowest BCUT2D eigenvalue weighted by molar-refractivity contribution is 0.0339. The molecule has 23 heavy (non-hydrogen) atoms. The molecule has 0 spiro atoms. The molecule has 0 atom stereocenters. The van der Waals surface area contributed by atoms with Crippen molar-refractivity contribution in [2.75, 3.05) is 33.4 Å². The fourth-order valence-electron chi connectivity index (χ4n) is 2.57. The van der Waals surface area contributed by atoms with Gasteiger partial charge >= 0.3 is 5.97 Å². The van der Waals surface area contributed by atoms with E-state index in [-0.39, 0.29) is 5.69 Å². The first-order chi connectivity index (χ1) is 11.2. The Hall–Kier alpha value is -2.38. The lowest BCUT2D eigenvalue weighted by Crippen LogP contribution is -2.35. The normalized spacial score (nSPS) is 15.5. The van der Waals surface area contributed by atoms with Crippen molar-refractivity contribution in [2.45, 2.75) is 6.54 Å². The molecule has 1 aromatic heterocycles. The van der Waals surface area contributed by atoms with Crippen molar-refractivity contribution in [1.29, 1.82) is 0 Å². The number of methoxy groups -OCH3 is 1. The predicted octanol–water partition coefficient (Wildman–Crippen LogP) is 1.88. The fourth-order valence-corrected chi connectivity index (χ4v) is 2.57. The lowest BCUT2D eigenvalue weighted by Gasteiger charge is -2.27. The average molecular weight is 318 g/mol. The van der Waals surface area contributed by atoms with Gasteiger partial charge in [0.05, 0.1) is 20.3 Å². The molecule has 1 fully saturated rings. The van der Waals surface area contributed by atoms with Gasteiger partial charge < -0.3 is 19.1 Å². The summed E-state index contributed by atoms with van der Waals surface area (Å²) in [4.78, 5) is 13.2. The summed E-state index contributed by atoms with van der Waals surface area (Å²) in [5.74, 6) is 0.105. The van der Waals surface area contributed by atoms with Crippen molar-refractivity contribution in [3.05, 3.63) is 35.5 Å². The molecule has 0 amide bonds. The van der Waals surface area contributed by atoms with E-state index in [1.807, 2.05) is 18.2 Å². The Labute approximate surface area is 133 Å². The first kappa shape index (κ1) is 15.5. The molecule has 1 aliphatic rings. The van der Waals surface area contributed by atoms with Crippen LogP contribution in [0.1, 0.15) is 16.1 Å². The standard InChI is InChI=1S/C16H18N2O5/c1-21-14-3-2-11(15-9-13(16(19)20)17-23-15)8-12(14)10-18-4-6-22-7-5-18/h2-3,8-9H,4-7,10H2,1H3,(H,19,20). The number of morpholine rings is 1. The highest BCUT2D eigenvalue weighted by atomic mass is 16.5. The van der Waals surface area contributed by atoms with Crippen LogP contribution in [0.25, 0.3) is 11.3 Å². The molecule has 3 rings (SSSR count). The zero-order valence-electron chi connectivity index (χ0n) is 12.8. The number of rotatable bonds is 5. The maximum Gasteiger partial charge on any atom is 0.358 e. The number of benzene rings is 1. The third-order valence-electron chi connectivity index (χ3n) is 3.79. The fraction of sp³-hybridized carbons (Fsp3) is 0.375. The van der Waals surface area contributed by atoms with Crippen LogP contribution in [0.3, 0.4) is 0 Å². The first-order valence-electron chi connectivity index (χ1n) is 7.35. The summed E-state index contributed by atoms with van der Waals surface area (Å²) in [5.41, 5.74) is 1.68. The predicted molar refractivity (Wildman–Crippen MR) is 81.5 cm³/mol. The minimum Gasteiger partial charge on any atom is -0.496 e. The Bertz CT molecular complexity index is 692. The molecular weight excluding hydrogens is 300 g/mol. The number of hydrogen-bond acceptors (Lipinski definition) is 6. The van der Waals surface area contributed by atoms with Crippen molar-refractivity contribution < 1.29 is 23.9 Å². The van der Waals surface area contributed by atoms with Gasteiger partial charge in [0.1, 0.15) is 5.75 Å². The molecule has 2 heterocycles. The Morgan fingerprint density at radius 2 is 2.13 bits per heavy atom. The zero-order chi connectivity index (χ0) is 16.2. The quantitative estimate of drug-likeness (QED) is 0.901. The minimum atomic E-state index is -1.11. The molecule has 1 saturated heterocycles. The minimum absolute atomic E-state index is 0.106. The van der Waals surface area contributed by atoms with Crippen molar-refractivity contribution >= 4 is 5.97 Å². The van der Waals surface area contributed by atoms with Gasteiger partial charge in [-0.25, -0.2) is 4.79 Å². The second-order valence-electron chi connectivity index (χ2n) is 5.30. The molecule has 7 nitrogen and oxygen atoms in total. The summed E-state index contributed by atoms with van der Waals surface area (Å²) in [7, 11) is 1.63. The van der Waals surface area contributed by atoms with E-state index < -0.39 is 5.97 Å². The molecule has 0 unspecified atom stereocenters. The Morgan fingerprint density at radius 1 is 1.35 bits per heavy atom. The third kappa shape index (κ3) is 3.52. The van der Waals surface area contributed by atoms with Crippen molar-refractivity contribution in [2.24, 2.45) is 0 Å². The number of ether oxygens (including phenoxy) is 2. The van der Waals surface area contributed by atoms with E-state index in [4.69, 9.17) is 19.1 Å². The summed E-state index contributed by atoms with van der Waals surface area (Å²) in [6.07, 6.45) is 0. The topological polar surface area (TPSA) is 85.0 Å². The highest BCUT2D eigenvalue weighted by molar-refractivity contribution is 5.86. The number of carboxylic acid groups (broad SMARTS) is 1. The second kappa shape index (κ2) is 6.80. The van der Waals surface area contributed by atoms with Crippen LogP contribution in [0, 0.1) is 0 Å². The molecule has 2 aromatic rings. The van der Waals surface area contributed by atoms with E-state index in [9.17, 15) is 4.79 Å². The van der Waals surface area contributed by atoms with Gasteiger partial charge in [0.25, 0.3) is 0 Å². The van der Waals surface area contributed by atoms with Gasteiger partial charge in [-0.15, -0.1) is 0 Å². The van der Waals surface area contributed by atoms with Gasteiger partial charge in [-0.1, -0.05) is 5.16 Å². The van der Waals surface area contributed by atoms with E-state index in [0.717, 1.165) is 49.7 Å². The first-order valence-corrected chi connectivity index (χ1v) is 7.35. The van der Waals surface area contributed by atoms with E-state index in [0.29, 0.717) is 5.76 Å². The number of nitrogens with zero attached hydrogens (tertiary/aromatic N) is 2.